The lowest BCUT2D eigenvalue weighted by atomic mass is 9.92. The molecule has 1 amide bonds. The van der Waals surface area contributed by atoms with E-state index in [1.165, 1.54) is 24.0 Å². The Bertz CT molecular complexity index is 727. The van der Waals surface area contributed by atoms with E-state index in [-0.39, 0.29) is 5.91 Å². The second-order valence-electron chi connectivity index (χ2n) is 6.09. The van der Waals surface area contributed by atoms with Gasteiger partial charge in [-0.25, -0.2) is 0 Å². The summed E-state index contributed by atoms with van der Waals surface area (Å²) in [5, 5.41) is 2.85. The number of amides is 1. The first kappa shape index (κ1) is 16.4. The number of aryl methyl sites for hydroxylation is 2. The van der Waals surface area contributed by atoms with E-state index in [1.807, 2.05) is 30.3 Å². The third kappa shape index (κ3) is 3.70. The standard InChI is InChI=1S/C20H23NO3/c1-14(20(22)21-18-9-5-6-10-19(18)23-2)24-17-12-11-15-7-3-4-8-16(15)13-17/h5-6,9-14H,3-4,7-8H2,1-2H3,(H,21,22)/t14-/m0/s1. The molecular formula is C20H23NO3. The number of nitrogens with one attached hydrogen (secondary N) is 1. The highest BCUT2D eigenvalue weighted by Crippen LogP contribution is 2.27. The van der Waals surface area contributed by atoms with Crippen molar-refractivity contribution >= 4 is 11.6 Å². The van der Waals surface area contributed by atoms with Crippen LogP contribution < -0.4 is 14.8 Å². The summed E-state index contributed by atoms with van der Waals surface area (Å²) in [6.07, 6.45) is 4.12. The highest BCUT2D eigenvalue weighted by atomic mass is 16.5. The molecule has 126 valence electrons. The number of rotatable bonds is 5. The Morgan fingerprint density at radius 3 is 2.62 bits per heavy atom. The minimum atomic E-state index is -0.587. The lowest BCUT2D eigenvalue weighted by molar-refractivity contribution is -0.122. The zero-order chi connectivity index (χ0) is 16.9. The lowest BCUT2D eigenvalue weighted by Gasteiger charge is -2.19. The Labute approximate surface area is 142 Å². The summed E-state index contributed by atoms with van der Waals surface area (Å²) in [6, 6.07) is 13.5. The van der Waals surface area contributed by atoms with E-state index in [0.29, 0.717) is 11.4 Å². The molecule has 1 atom stereocenters. The predicted molar refractivity (Wildman–Crippen MR) is 94.8 cm³/mol. The molecule has 0 spiro atoms. The first-order chi connectivity index (χ1) is 11.7. The zero-order valence-electron chi connectivity index (χ0n) is 14.2. The van der Waals surface area contributed by atoms with Crippen molar-refractivity contribution < 1.29 is 14.3 Å². The van der Waals surface area contributed by atoms with Gasteiger partial charge >= 0.3 is 0 Å². The number of anilines is 1. The van der Waals surface area contributed by atoms with Crippen molar-refractivity contribution in [2.45, 2.75) is 38.7 Å². The molecule has 0 radical (unpaired) electrons. The van der Waals surface area contributed by atoms with Gasteiger partial charge in [0.15, 0.2) is 6.10 Å². The minimum Gasteiger partial charge on any atom is -0.495 e. The summed E-state index contributed by atoms with van der Waals surface area (Å²) >= 11 is 0. The van der Waals surface area contributed by atoms with Gasteiger partial charge in [0.1, 0.15) is 11.5 Å². The van der Waals surface area contributed by atoms with Crippen LogP contribution in [0.15, 0.2) is 42.5 Å². The molecule has 0 bridgehead atoms. The first-order valence-electron chi connectivity index (χ1n) is 8.39. The van der Waals surface area contributed by atoms with Gasteiger partial charge in [-0.05, 0) is 68.0 Å². The van der Waals surface area contributed by atoms with Crippen LogP contribution in [-0.4, -0.2) is 19.1 Å². The van der Waals surface area contributed by atoms with E-state index in [9.17, 15) is 4.79 Å². The number of carbonyl (C=O) groups is 1. The lowest BCUT2D eigenvalue weighted by Crippen LogP contribution is -2.30. The molecule has 4 heteroatoms. The summed E-state index contributed by atoms with van der Waals surface area (Å²) in [6.45, 7) is 1.75. The Kier molecular flexibility index (Phi) is 5.04. The fraction of sp³-hybridized carbons (Fsp3) is 0.350. The summed E-state index contributed by atoms with van der Waals surface area (Å²) in [4.78, 5) is 12.4. The van der Waals surface area contributed by atoms with E-state index < -0.39 is 6.10 Å². The zero-order valence-corrected chi connectivity index (χ0v) is 14.2. The van der Waals surface area contributed by atoms with Crippen molar-refractivity contribution in [2.75, 3.05) is 12.4 Å². The third-order valence-electron chi connectivity index (χ3n) is 4.37. The molecule has 0 aromatic heterocycles. The van der Waals surface area contributed by atoms with Crippen molar-refractivity contribution in [3.05, 3.63) is 53.6 Å². The second-order valence-corrected chi connectivity index (χ2v) is 6.09. The number of para-hydroxylation sites is 2. The number of ether oxygens (including phenoxy) is 2. The molecule has 2 aromatic carbocycles. The molecule has 3 rings (SSSR count). The molecule has 1 aliphatic carbocycles. The number of carbonyl (C=O) groups excluding carboxylic acids is 1. The Morgan fingerprint density at radius 2 is 1.83 bits per heavy atom. The van der Waals surface area contributed by atoms with Crippen molar-refractivity contribution in [1.29, 1.82) is 0 Å². The van der Waals surface area contributed by atoms with E-state index in [0.717, 1.165) is 18.6 Å². The van der Waals surface area contributed by atoms with Crippen LogP contribution in [0, 0.1) is 0 Å². The number of methoxy groups -OCH3 is 1. The van der Waals surface area contributed by atoms with Gasteiger partial charge in [-0.3, -0.25) is 4.79 Å². The fourth-order valence-electron chi connectivity index (χ4n) is 3.02. The summed E-state index contributed by atoms with van der Waals surface area (Å²) < 4.78 is 11.1. The van der Waals surface area contributed by atoms with Crippen LogP contribution in [0.5, 0.6) is 11.5 Å². The van der Waals surface area contributed by atoms with E-state index in [1.54, 1.807) is 14.0 Å². The molecule has 4 nitrogen and oxygen atoms in total. The van der Waals surface area contributed by atoms with Gasteiger partial charge in [0.2, 0.25) is 0 Å². The fourth-order valence-corrected chi connectivity index (χ4v) is 3.02. The van der Waals surface area contributed by atoms with Crippen molar-refractivity contribution in [3.8, 4) is 11.5 Å². The molecule has 2 aromatic rings. The molecule has 0 saturated carbocycles. The maximum Gasteiger partial charge on any atom is 0.265 e. The maximum atomic E-state index is 12.4. The van der Waals surface area contributed by atoms with Crippen LogP contribution in [0.4, 0.5) is 5.69 Å². The quantitative estimate of drug-likeness (QED) is 0.904. The number of hydrogen-bond acceptors (Lipinski definition) is 3. The number of hydrogen-bond donors (Lipinski definition) is 1. The van der Waals surface area contributed by atoms with Crippen LogP contribution in [0.3, 0.4) is 0 Å². The van der Waals surface area contributed by atoms with Gasteiger partial charge in [-0.15, -0.1) is 0 Å². The first-order valence-corrected chi connectivity index (χ1v) is 8.39. The van der Waals surface area contributed by atoms with E-state index in [4.69, 9.17) is 9.47 Å². The summed E-state index contributed by atoms with van der Waals surface area (Å²) in [7, 11) is 1.58. The third-order valence-corrected chi connectivity index (χ3v) is 4.37. The van der Waals surface area contributed by atoms with Gasteiger partial charge in [-0.1, -0.05) is 18.2 Å². The number of fused-ring (bicyclic) bond motifs is 1. The highest BCUT2D eigenvalue weighted by molar-refractivity contribution is 5.95. The molecule has 0 fully saturated rings. The largest absolute Gasteiger partial charge is 0.495 e. The smallest absolute Gasteiger partial charge is 0.265 e. The molecule has 1 aliphatic rings. The topological polar surface area (TPSA) is 47.6 Å². The van der Waals surface area contributed by atoms with Gasteiger partial charge in [0.25, 0.3) is 5.91 Å². The maximum absolute atomic E-state index is 12.4. The van der Waals surface area contributed by atoms with Crippen LogP contribution in [-0.2, 0) is 17.6 Å². The molecule has 0 heterocycles. The van der Waals surface area contributed by atoms with E-state index in [2.05, 4.69) is 17.4 Å². The molecule has 0 unspecified atom stereocenters. The molecule has 0 saturated heterocycles. The van der Waals surface area contributed by atoms with E-state index >= 15 is 0 Å². The molecule has 1 N–H and O–H groups in total. The normalized spacial score (nSPS) is 14.4. The van der Waals surface area contributed by atoms with Crippen molar-refractivity contribution in [2.24, 2.45) is 0 Å². The average molecular weight is 325 g/mol. The summed E-state index contributed by atoms with van der Waals surface area (Å²) in [5.74, 6) is 1.18. The molecule has 24 heavy (non-hydrogen) atoms. The van der Waals surface area contributed by atoms with Gasteiger partial charge in [0, 0.05) is 0 Å². The summed E-state index contributed by atoms with van der Waals surface area (Å²) in [5.41, 5.74) is 3.39. The van der Waals surface area contributed by atoms with Crippen LogP contribution in [0.25, 0.3) is 0 Å². The van der Waals surface area contributed by atoms with Crippen LogP contribution in [0.2, 0.25) is 0 Å². The van der Waals surface area contributed by atoms with Crippen molar-refractivity contribution in [1.82, 2.24) is 0 Å². The molecule has 0 aliphatic heterocycles. The second kappa shape index (κ2) is 7.39. The van der Waals surface area contributed by atoms with Gasteiger partial charge < -0.3 is 14.8 Å². The minimum absolute atomic E-state index is 0.197. The number of benzene rings is 2. The SMILES string of the molecule is COc1ccccc1NC(=O)[C@H](C)Oc1ccc2c(c1)CCCC2. The van der Waals surface area contributed by atoms with Crippen molar-refractivity contribution in [3.63, 3.8) is 0 Å². The highest BCUT2D eigenvalue weighted by Gasteiger charge is 2.17. The Morgan fingerprint density at radius 1 is 1.08 bits per heavy atom. The Balaban J connectivity index is 1.66. The predicted octanol–water partition coefficient (Wildman–Crippen LogP) is 3.98. The molecular weight excluding hydrogens is 302 g/mol. The van der Waals surface area contributed by atoms with Crippen LogP contribution in [0.1, 0.15) is 30.9 Å². The van der Waals surface area contributed by atoms with Gasteiger partial charge in [0.05, 0.1) is 12.8 Å². The van der Waals surface area contributed by atoms with Crippen LogP contribution >= 0.6 is 0 Å². The Hall–Kier alpha value is -2.49. The van der Waals surface area contributed by atoms with Gasteiger partial charge in [-0.2, -0.15) is 0 Å². The average Bonchev–Trinajstić information content (AvgIpc) is 2.62. The monoisotopic (exact) mass is 325 g/mol.